The van der Waals surface area contributed by atoms with Crippen LogP contribution in [0.25, 0.3) is 0 Å². The van der Waals surface area contributed by atoms with E-state index in [4.69, 9.17) is 0 Å². The minimum atomic E-state index is -0.893. The van der Waals surface area contributed by atoms with Gasteiger partial charge in [-0.15, -0.1) is 0 Å². The Balaban J connectivity index is 2.63. The summed E-state index contributed by atoms with van der Waals surface area (Å²) in [6.45, 7) is 0. The lowest BCUT2D eigenvalue weighted by atomic mass is 10.0. The van der Waals surface area contributed by atoms with E-state index in [1.807, 2.05) is 22.6 Å². The number of hydrogen-bond donors (Lipinski definition) is 0. The zero-order valence-corrected chi connectivity index (χ0v) is 14.5. The van der Waals surface area contributed by atoms with Gasteiger partial charge in [0.25, 0.3) is 0 Å². The van der Waals surface area contributed by atoms with Crippen LogP contribution in [0.15, 0.2) is 39.3 Å². The van der Waals surface area contributed by atoms with E-state index >= 15 is 0 Å². The lowest BCUT2D eigenvalue weighted by molar-refractivity contribution is 0.103. The molecule has 1 nitrogen and oxygen atoms in total. The Morgan fingerprint density at radius 2 is 1.68 bits per heavy atom. The number of carbonyl (C=O) groups is 1. The third-order valence-corrected chi connectivity index (χ3v) is 4.42. The van der Waals surface area contributed by atoms with E-state index < -0.39 is 23.0 Å². The third-order valence-electron chi connectivity index (χ3n) is 2.44. The molecule has 0 heterocycles. The van der Waals surface area contributed by atoms with Crippen molar-refractivity contribution >= 4 is 60.2 Å². The first kappa shape index (κ1) is 15.1. The maximum absolute atomic E-state index is 13.9. The standard InChI is InChI=1S/C13H5Br2F2IO/c14-8-2-1-6(18)5-7(8)13(19)11-10(16)4-3-9(15)12(11)17/h1-5H. The highest BCUT2D eigenvalue weighted by Gasteiger charge is 2.22. The van der Waals surface area contributed by atoms with Crippen LogP contribution in [0.1, 0.15) is 15.9 Å². The van der Waals surface area contributed by atoms with Gasteiger partial charge in [0.1, 0.15) is 5.82 Å². The first-order chi connectivity index (χ1) is 8.91. The lowest BCUT2D eigenvalue weighted by Crippen LogP contribution is -2.09. The molecule has 98 valence electrons. The summed E-state index contributed by atoms with van der Waals surface area (Å²) in [5.41, 5.74) is -0.333. The fourth-order valence-electron chi connectivity index (χ4n) is 1.54. The highest BCUT2D eigenvalue weighted by atomic mass is 127. The van der Waals surface area contributed by atoms with Crippen LogP contribution in [0, 0.1) is 15.2 Å². The number of carbonyl (C=O) groups excluding carboxylic acids is 1. The minimum Gasteiger partial charge on any atom is -0.288 e. The summed E-state index contributed by atoms with van der Waals surface area (Å²) in [5.74, 6) is -2.46. The van der Waals surface area contributed by atoms with Gasteiger partial charge in [-0.1, -0.05) is 15.9 Å². The molecule has 2 rings (SSSR count). The van der Waals surface area contributed by atoms with Gasteiger partial charge >= 0.3 is 0 Å². The average Bonchev–Trinajstić information content (AvgIpc) is 2.37. The van der Waals surface area contributed by atoms with Crippen molar-refractivity contribution in [2.24, 2.45) is 0 Å². The summed E-state index contributed by atoms with van der Waals surface area (Å²) in [7, 11) is 0. The summed E-state index contributed by atoms with van der Waals surface area (Å²) < 4.78 is 29.0. The molecule has 0 saturated heterocycles. The zero-order valence-electron chi connectivity index (χ0n) is 9.18. The zero-order chi connectivity index (χ0) is 14.2. The molecule has 0 fully saturated rings. The molecule has 0 aliphatic carbocycles. The van der Waals surface area contributed by atoms with E-state index in [0.29, 0.717) is 4.47 Å². The predicted octanol–water partition coefficient (Wildman–Crippen LogP) is 5.33. The highest BCUT2D eigenvalue weighted by Crippen LogP contribution is 2.27. The van der Waals surface area contributed by atoms with Crippen molar-refractivity contribution in [1.82, 2.24) is 0 Å². The summed E-state index contributed by atoms with van der Waals surface area (Å²) in [5, 5.41) is 0. The maximum Gasteiger partial charge on any atom is 0.200 e. The fourth-order valence-corrected chi connectivity index (χ4v) is 2.79. The molecule has 0 N–H and O–H groups in total. The Morgan fingerprint density at radius 1 is 1.05 bits per heavy atom. The van der Waals surface area contributed by atoms with Crippen LogP contribution in [0.4, 0.5) is 8.78 Å². The minimum absolute atomic E-state index is 0.0546. The number of benzene rings is 2. The van der Waals surface area contributed by atoms with Gasteiger partial charge in [-0.3, -0.25) is 4.79 Å². The molecule has 0 amide bonds. The van der Waals surface area contributed by atoms with Gasteiger partial charge in [-0.25, -0.2) is 8.78 Å². The van der Waals surface area contributed by atoms with Crippen molar-refractivity contribution in [3.63, 3.8) is 0 Å². The quantitative estimate of drug-likeness (QED) is 0.309. The molecule has 19 heavy (non-hydrogen) atoms. The van der Waals surface area contributed by atoms with E-state index in [1.54, 1.807) is 18.2 Å². The van der Waals surface area contributed by atoms with Crippen LogP contribution >= 0.6 is 54.5 Å². The molecule has 0 bridgehead atoms. The van der Waals surface area contributed by atoms with Crippen molar-refractivity contribution in [2.75, 3.05) is 0 Å². The normalized spacial score (nSPS) is 10.6. The second-order valence-electron chi connectivity index (χ2n) is 3.67. The van der Waals surface area contributed by atoms with Crippen LogP contribution in [-0.2, 0) is 0 Å². The van der Waals surface area contributed by atoms with Crippen molar-refractivity contribution in [3.8, 4) is 0 Å². The number of halogens is 5. The first-order valence-corrected chi connectivity index (χ1v) is 7.71. The number of rotatable bonds is 2. The van der Waals surface area contributed by atoms with Crippen molar-refractivity contribution < 1.29 is 13.6 Å². The molecule has 0 atom stereocenters. The molecule has 2 aromatic rings. The fraction of sp³-hybridized carbons (Fsp3) is 0. The monoisotopic (exact) mass is 500 g/mol. The van der Waals surface area contributed by atoms with Gasteiger partial charge in [0.15, 0.2) is 11.6 Å². The van der Waals surface area contributed by atoms with Crippen molar-refractivity contribution in [1.29, 1.82) is 0 Å². The second kappa shape index (κ2) is 5.97. The van der Waals surface area contributed by atoms with Gasteiger partial charge in [0.2, 0.25) is 0 Å². The van der Waals surface area contributed by atoms with Gasteiger partial charge in [0.05, 0.1) is 10.0 Å². The Bertz CT molecular complexity index is 674. The average molecular weight is 502 g/mol. The Kier molecular flexibility index (Phi) is 4.73. The number of ketones is 1. The van der Waals surface area contributed by atoms with Crippen LogP contribution in [0.3, 0.4) is 0 Å². The molecule has 0 spiro atoms. The van der Waals surface area contributed by atoms with Gasteiger partial charge in [-0.2, -0.15) is 0 Å². The first-order valence-electron chi connectivity index (χ1n) is 5.05. The summed E-state index contributed by atoms with van der Waals surface area (Å²) in [4.78, 5) is 12.3. The molecular weight excluding hydrogens is 497 g/mol. The topological polar surface area (TPSA) is 17.1 Å². The van der Waals surface area contributed by atoms with E-state index in [0.717, 1.165) is 9.64 Å². The predicted molar refractivity (Wildman–Crippen MR) is 84.3 cm³/mol. The summed E-state index contributed by atoms with van der Waals surface area (Å²) >= 11 is 8.19. The van der Waals surface area contributed by atoms with E-state index in [2.05, 4.69) is 31.9 Å². The van der Waals surface area contributed by atoms with Gasteiger partial charge < -0.3 is 0 Å². The largest absolute Gasteiger partial charge is 0.288 e. The molecule has 6 heteroatoms. The maximum atomic E-state index is 13.9. The van der Waals surface area contributed by atoms with E-state index in [1.165, 1.54) is 6.07 Å². The molecule has 0 aromatic heterocycles. The Hall–Kier alpha value is -0.340. The van der Waals surface area contributed by atoms with E-state index in [9.17, 15) is 13.6 Å². The van der Waals surface area contributed by atoms with Crippen LogP contribution in [0.5, 0.6) is 0 Å². The van der Waals surface area contributed by atoms with Crippen LogP contribution in [0.2, 0.25) is 0 Å². The summed E-state index contributed by atoms with van der Waals surface area (Å²) in [6, 6.07) is 7.32. The molecular formula is C13H5Br2F2IO. The van der Waals surface area contributed by atoms with Gasteiger partial charge in [0, 0.05) is 13.6 Å². The Morgan fingerprint density at radius 3 is 2.37 bits per heavy atom. The highest BCUT2D eigenvalue weighted by molar-refractivity contribution is 14.1. The van der Waals surface area contributed by atoms with Crippen LogP contribution < -0.4 is 0 Å². The molecule has 2 aromatic carbocycles. The lowest BCUT2D eigenvalue weighted by Gasteiger charge is -2.08. The van der Waals surface area contributed by atoms with Gasteiger partial charge in [-0.05, 0) is 68.9 Å². The number of hydrogen-bond acceptors (Lipinski definition) is 1. The smallest absolute Gasteiger partial charge is 0.200 e. The SMILES string of the molecule is O=C(c1cc(I)ccc1Br)c1c(F)ccc(Br)c1F. The molecule has 0 aliphatic rings. The Labute approximate surface area is 138 Å². The van der Waals surface area contributed by atoms with Crippen molar-refractivity contribution in [2.45, 2.75) is 0 Å². The summed E-state index contributed by atoms with van der Waals surface area (Å²) in [6.07, 6.45) is 0. The molecule has 0 unspecified atom stereocenters. The molecule has 0 radical (unpaired) electrons. The molecule has 0 aliphatic heterocycles. The van der Waals surface area contributed by atoms with E-state index in [-0.39, 0.29) is 10.0 Å². The van der Waals surface area contributed by atoms with Crippen LogP contribution in [-0.4, -0.2) is 5.78 Å². The second-order valence-corrected chi connectivity index (χ2v) is 6.63. The third kappa shape index (κ3) is 3.05. The molecule has 0 saturated carbocycles. The van der Waals surface area contributed by atoms with Crippen molar-refractivity contribution in [3.05, 3.63) is 65.6 Å².